The number of nitrogens with two attached hydrogens (primary N) is 1. The first-order chi connectivity index (χ1) is 9.72. The van der Waals surface area contributed by atoms with Crippen molar-refractivity contribution in [2.75, 3.05) is 0 Å². The molecule has 0 amide bonds. The molecule has 0 aliphatic carbocycles. The van der Waals surface area contributed by atoms with Crippen molar-refractivity contribution >= 4 is 5.52 Å². The standard InChI is InChI=1S/C14H12F2N4/c15-11-5-3-4-9(13(11)16)14(19-17)10-8-18-20-7-2-1-6-12(10)20/h1-8,14,19H,17H2. The number of rotatable bonds is 3. The number of hydrazine groups is 1. The predicted octanol–water partition coefficient (Wildman–Crippen LogP) is 2.17. The van der Waals surface area contributed by atoms with Gasteiger partial charge in [-0.25, -0.2) is 18.7 Å². The molecule has 3 rings (SSSR count). The monoisotopic (exact) mass is 274 g/mol. The van der Waals surface area contributed by atoms with E-state index in [1.807, 2.05) is 18.2 Å². The van der Waals surface area contributed by atoms with Gasteiger partial charge < -0.3 is 0 Å². The van der Waals surface area contributed by atoms with Gasteiger partial charge in [0.2, 0.25) is 0 Å². The lowest BCUT2D eigenvalue weighted by Crippen LogP contribution is -2.29. The van der Waals surface area contributed by atoms with Crippen LogP contribution in [0.15, 0.2) is 48.8 Å². The van der Waals surface area contributed by atoms with Gasteiger partial charge in [0.05, 0.1) is 17.8 Å². The van der Waals surface area contributed by atoms with E-state index < -0.39 is 17.7 Å². The lowest BCUT2D eigenvalue weighted by Gasteiger charge is -2.16. The zero-order chi connectivity index (χ0) is 14.1. The summed E-state index contributed by atoms with van der Waals surface area (Å²) >= 11 is 0. The number of aromatic nitrogens is 2. The van der Waals surface area contributed by atoms with Gasteiger partial charge >= 0.3 is 0 Å². The van der Waals surface area contributed by atoms with E-state index in [4.69, 9.17) is 5.84 Å². The van der Waals surface area contributed by atoms with Crippen LogP contribution < -0.4 is 11.3 Å². The molecule has 0 fully saturated rings. The fourth-order valence-corrected chi connectivity index (χ4v) is 2.27. The van der Waals surface area contributed by atoms with Gasteiger partial charge in [-0.1, -0.05) is 18.2 Å². The van der Waals surface area contributed by atoms with E-state index in [2.05, 4.69) is 10.5 Å². The number of nitrogens with zero attached hydrogens (tertiary/aromatic N) is 2. The minimum Gasteiger partial charge on any atom is -0.271 e. The first-order valence-electron chi connectivity index (χ1n) is 6.04. The molecule has 4 nitrogen and oxygen atoms in total. The summed E-state index contributed by atoms with van der Waals surface area (Å²) < 4.78 is 28.9. The third kappa shape index (κ3) is 1.95. The highest BCUT2D eigenvalue weighted by Crippen LogP contribution is 2.27. The molecule has 20 heavy (non-hydrogen) atoms. The van der Waals surface area contributed by atoms with Crippen LogP contribution in [0.5, 0.6) is 0 Å². The third-order valence-corrected chi connectivity index (χ3v) is 3.23. The number of hydrogen-bond donors (Lipinski definition) is 2. The molecule has 6 heteroatoms. The Labute approximate surface area is 113 Å². The van der Waals surface area contributed by atoms with Gasteiger partial charge in [0, 0.05) is 17.3 Å². The maximum absolute atomic E-state index is 13.9. The van der Waals surface area contributed by atoms with Gasteiger partial charge in [-0.3, -0.25) is 5.84 Å². The molecule has 0 aliphatic heterocycles. The maximum Gasteiger partial charge on any atom is 0.163 e. The Morgan fingerprint density at radius 3 is 2.75 bits per heavy atom. The minimum absolute atomic E-state index is 0.145. The number of benzene rings is 1. The summed E-state index contributed by atoms with van der Waals surface area (Å²) in [7, 11) is 0. The molecule has 0 aliphatic rings. The smallest absolute Gasteiger partial charge is 0.163 e. The molecule has 1 aromatic carbocycles. The van der Waals surface area contributed by atoms with Gasteiger partial charge in [0.25, 0.3) is 0 Å². The quantitative estimate of drug-likeness (QED) is 0.568. The van der Waals surface area contributed by atoms with Crippen molar-refractivity contribution in [1.29, 1.82) is 0 Å². The summed E-state index contributed by atoms with van der Waals surface area (Å²) in [5.74, 6) is 3.71. The lowest BCUT2D eigenvalue weighted by molar-refractivity contribution is 0.483. The van der Waals surface area contributed by atoms with E-state index in [0.29, 0.717) is 5.56 Å². The van der Waals surface area contributed by atoms with E-state index >= 15 is 0 Å². The lowest BCUT2D eigenvalue weighted by atomic mass is 10.00. The fraction of sp³-hybridized carbons (Fsp3) is 0.0714. The summed E-state index contributed by atoms with van der Waals surface area (Å²) in [5.41, 5.74) is 4.12. The highest BCUT2D eigenvalue weighted by Gasteiger charge is 2.21. The van der Waals surface area contributed by atoms with Crippen molar-refractivity contribution < 1.29 is 8.78 Å². The Morgan fingerprint density at radius 1 is 1.10 bits per heavy atom. The zero-order valence-electron chi connectivity index (χ0n) is 10.4. The normalized spacial score (nSPS) is 12.8. The summed E-state index contributed by atoms with van der Waals surface area (Å²) in [6, 6.07) is 8.85. The molecule has 2 aromatic heterocycles. The summed E-state index contributed by atoms with van der Waals surface area (Å²) in [4.78, 5) is 0. The average Bonchev–Trinajstić information content (AvgIpc) is 2.88. The van der Waals surface area contributed by atoms with E-state index in [1.165, 1.54) is 12.1 Å². The molecule has 0 spiro atoms. The van der Waals surface area contributed by atoms with Crippen molar-refractivity contribution in [3.8, 4) is 0 Å². The Balaban J connectivity index is 2.17. The average molecular weight is 274 g/mol. The van der Waals surface area contributed by atoms with Gasteiger partial charge in [0.1, 0.15) is 0 Å². The second kappa shape index (κ2) is 4.99. The second-order valence-corrected chi connectivity index (χ2v) is 4.37. The molecule has 102 valence electrons. The van der Waals surface area contributed by atoms with E-state index in [0.717, 1.165) is 11.6 Å². The number of pyridine rings is 1. The molecule has 2 heterocycles. The van der Waals surface area contributed by atoms with E-state index in [-0.39, 0.29) is 5.56 Å². The van der Waals surface area contributed by atoms with Crippen LogP contribution >= 0.6 is 0 Å². The van der Waals surface area contributed by atoms with Crippen LogP contribution in [-0.4, -0.2) is 9.61 Å². The molecule has 3 aromatic rings. The topological polar surface area (TPSA) is 55.3 Å². The zero-order valence-corrected chi connectivity index (χ0v) is 10.4. The summed E-state index contributed by atoms with van der Waals surface area (Å²) in [5, 5.41) is 4.17. The van der Waals surface area contributed by atoms with Crippen LogP contribution in [0.1, 0.15) is 17.2 Å². The highest BCUT2D eigenvalue weighted by atomic mass is 19.2. The van der Waals surface area contributed by atoms with Crippen LogP contribution in [0.4, 0.5) is 8.78 Å². The molecular formula is C14H12F2N4. The number of fused-ring (bicyclic) bond motifs is 1. The van der Waals surface area contributed by atoms with Crippen LogP contribution in [0.2, 0.25) is 0 Å². The SMILES string of the molecule is NNC(c1cccc(F)c1F)c1cnn2ccccc12. The van der Waals surface area contributed by atoms with Crippen LogP contribution in [0, 0.1) is 11.6 Å². The molecule has 1 atom stereocenters. The number of hydrogen-bond acceptors (Lipinski definition) is 3. The van der Waals surface area contributed by atoms with Crippen LogP contribution in [0.3, 0.4) is 0 Å². The molecule has 0 radical (unpaired) electrons. The molecular weight excluding hydrogens is 262 g/mol. The minimum atomic E-state index is -0.911. The molecule has 0 bridgehead atoms. The van der Waals surface area contributed by atoms with Crippen molar-refractivity contribution in [3.63, 3.8) is 0 Å². The second-order valence-electron chi connectivity index (χ2n) is 4.37. The number of nitrogens with one attached hydrogen (secondary N) is 1. The third-order valence-electron chi connectivity index (χ3n) is 3.23. The van der Waals surface area contributed by atoms with Crippen LogP contribution in [-0.2, 0) is 0 Å². The maximum atomic E-state index is 13.9. The number of halogens is 2. The van der Waals surface area contributed by atoms with Gasteiger partial charge in [0.15, 0.2) is 11.6 Å². The van der Waals surface area contributed by atoms with Gasteiger partial charge in [-0.05, 0) is 18.2 Å². The Morgan fingerprint density at radius 2 is 1.95 bits per heavy atom. The first-order valence-corrected chi connectivity index (χ1v) is 6.04. The molecule has 1 unspecified atom stereocenters. The highest BCUT2D eigenvalue weighted by molar-refractivity contribution is 5.57. The van der Waals surface area contributed by atoms with E-state index in [1.54, 1.807) is 16.9 Å². The summed E-state index contributed by atoms with van der Waals surface area (Å²) in [6.07, 6.45) is 3.36. The fourth-order valence-electron chi connectivity index (χ4n) is 2.27. The molecule has 0 saturated heterocycles. The van der Waals surface area contributed by atoms with Gasteiger partial charge in [-0.15, -0.1) is 0 Å². The molecule has 0 saturated carbocycles. The largest absolute Gasteiger partial charge is 0.271 e. The Hall–Kier alpha value is -2.31. The summed E-state index contributed by atoms with van der Waals surface area (Å²) in [6.45, 7) is 0. The van der Waals surface area contributed by atoms with Crippen LogP contribution in [0.25, 0.3) is 5.52 Å². The Kier molecular flexibility index (Phi) is 3.17. The van der Waals surface area contributed by atoms with Crippen molar-refractivity contribution in [2.24, 2.45) is 5.84 Å². The van der Waals surface area contributed by atoms with Crippen molar-refractivity contribution in [1.82, 2.24) is 15.0 Å². The van der Waals surface area contributed by atoms with Gasteiger partial charge in [-0.2, -0.15) is 5.10 Å². The van der Waals surface area contributed by atoms with Crippen molar-refractivity contribution in [2.45, 2.75) is 6.04 Å². The van der Waals surface area contributed by atoms with E-state index in [9.17, 15) is 8.78 Å². The predicted molar refractivity (Wildman–Crippen MR) is 70.7 cm³/mol. The first kappa shape index (κ1) is 12.7. The molecule has 3 N–H and O–H groups in total. The Bertz CT molecular complexity index is 754. The van der Waals surface area contributed by atoms with Crippen molar-refractivity contribution in [3.05, 3.63) is 71.6 Å².